The lowest BCUT2D eigenvalue weighted by Gasteiger charge is -2.04. The van der Waals surface area contributed by atoms with Gasteiger partial charge in [0.25, 0.3) is 0 Å². The molecule has 0 aliphatic rings. The van der Waals surface area contributed by atoms with Crippen molar-refractivity contribution >= 4 is 27.8 Å². The van der Waals surface area contributed by atoms with Crippen molar-refractivity contribution < 1.29 is 0 Å². The van der Waals surface area contributed by atoms with Crippen molar-refractivity contribution in [2.24, 2.45) is 0 Å². The van der Waals surface area contributed by atoms with E-state index in [-0.39, 0.29) is 0 Å². The van der Waals surface area contributed by atoms with Crippen LogP contribution in [0.4, 0.5) is 5.82 Å². The first kappa shape index (κ1) is 9.96. The summed E-state index contributed by atoms with van der Waals surface area (Å²) in [6.45, 7) is 3.87. The van der Waals surface area contributed by atoms with Crippen LogP contribution in [0.25, 0.3) is 21.9 Å². The molecule has 1 aromatic carbocycles. The van der Waals surface area contributed by atoms with E-state index in [1.807, 2.05) is 25.1 Å². The first-order chi connectivity index (χ1) is 8.13. The number of nitrogens with zero attached hydrogens (tertiary/aromatic N) is 3. The zero-order chi connectivity index (χ0) is 12.0. The Morgan fingerprint density at radius 3 is 2.65 bits per heavy atom. The highest BCUT2D eigenvalue weighted by Gasteiger charge is 2.06. The maximum Gasteiger partial charge on any atom is 0.165 e. The van der Waals surface area contributed by atoms with Gasteiger partial charge in [-0.1, -0.05) is 11.6 Å². The van der Waals surface area contributed by atoms with Gasteiger partial charge >= 0.3 is 0 Å². The Morgan fingerprint density at radius 1 is 1.00 bits per heavy atom. The first-order valence-electron chi connectivity index (χ1n) is 5.45. The van der Waals surface area contributed by atoms with Crippen molar-refractivity contribution in [2.75, 3.05) is 5.73 Å². The smallest absolute Gasteiger partial charge is 0.165 e. The van der Waals surface area contributed by atoms with Crippen molar-refractivity contribution in [2.45, 2.75) is 13.8 Å². The van der Waals surface area contributed by atoms with Crippen LogP contribution in [-0.2, 0) is 0 Å². The number of hydrogen-bond donors (Lipinski definition) is 1. The molecule has 0 saturated carbocycles. The van der Waals surface area contributed by atoms with Crippen LogP contribution in [-0.4, -0.2) is 15.0 Å². The Labute approximate surface area is 98.5 Å². The van der Waals surface area contributed by atoms with Crippen LogP contribution >= 0.6 is 0 Å². The third-order valence-corrected chi connectivity index (χ3v) is 2.78. The van der Waals surface area contributed by atoms with Crippen molar-refractivity contribution in [3.63, 3.8) is 0 Å². The fourth-order valence-electron chi connectivity index (χ4n) is 1.97. The maximum absolute atomic E-state index is 5.90. The Hall–Kier alpha value is -2.23. The van der Waals surface area contributed by atoms with Gasteiger partial charge in [0, 0.05) is 5.39 Å². The average Bonchev–Trinajstić information content (AvgIpc) is 2.27. The molecule has 0 fully saturated rings. The minimum absolute atomic E-state index is 0.489. The van der Waals surface area contributed by atoms with E-state index in [9.17, 15) is 0 Å². The molecule has 0 spiro atoms. The zero-order valence-corrected chi connectivity index (χ0v) is 9.73. The Bertz CT molecular complexity index is 734. The van der Waals surface area contributed by atoms with Crippen molar-refractivity contribution in [1.82, 2.24) is 15.0 Å². The summed E-state index contributed by atoms with van der Waals surface area (Å²) >= 11 is 0. The molecule has 0 saturated heterocycles. The molecule has 17 heavy (non-hydrogen) atoms. The molecule has 2 N–H and O–H groups in total. The Balaban J connectivity index is 2.48. The van der Waals surface area contributed by atoms with Crippen LogP contribution in [0.5, 0.6) is 0 Å². The van der Waals surface area contributed by atoms with Crippen LogP contribution in [0.15, 0.2) is 24.3 Å². The number of aryl methyl sites for hydroxylation is 2. The summed E-state index contributed by atoms with van der Waals surface area (Å²) in [5.41, 5.74) is 8.68. The molecule has 0 unspecified atom stereocenters. The third-order valence-electron chi connectivity index (χ3n) is 2.78. The highest BCUT2D eigenvalue weighted by molar-refractivity contribution is 5.95. The van der Waals surface area contributed by atoms with E-state index in [2.05, 4.69) is 27.9 Å². The van der Waals surface area contributed by atoms with Gasteiger partial charge in [0.2, 0.25) is 0 Å². The number of benzene rings is 1. The maximum atomic E-state index is 5.90. The molecular weight excluding hydrogens is 212 g/mol. The van der Waals surface area contributed by atoms with Gasteiger partial charge in [-0.25, -0.2) is 15.0 Å². The lowest BCUT2D eigenvalue weighted by molar-refractivity contribution is 1.08. The molecule has 0 aliphatic carbocycles. The summed E-state index contributed by atoms with van der Waals surface area (Å²) < 4.78 is 0. The van der Waals surface area contributed by atoms with Crippen molar-refractivity contribution in [1.29, 1.82) is 0 Å². The molecule has 0 aliphatic heterocycles. The predicted octanol–water partition coefficient (Wildman–Crippen LogP) is 2.38. The van der Waals surface area contributed by atoms with Gasteiger partial charge in [-0.3, -0.25) is 0 Å². The van der Waals surface area contributed by atoms with E-state index >= 15 is 0 Å². The van der Waals surface area contributed by atoms with Crippen LogP contribution in [0.2, 0.25) is 0 Å². The fourth-order valence-corrected chi connectivity index (χ4v) is 1.97. The van der Waals surface area contributed by atoms with E-state index in [0.29, 0.717) is 17.3 Å². The molecule has 2 aromatic heterocycles. The molecule has 2 heterocycles. The zero-order valence-electron chi connectivity index (χ0n) is 9.73. The lowest BCUT2D eigenvalue weighted by Crippen LogP contribution is -1.99. The molecule has 0 amide bonds. The van der Waals surface area contributed by atoms with E-state index in [1.165, 1.54) is 5.56 Å². The predicted molar refractivity (Wildman–Crippen MR) is 68.7 cm³/mol. The highest BCUT2D eigenvalue weighted by Crippen LogP contribution is 2.22. The lowest BCUT2D eigenvalue weighted by atomic mass is 10.1. The van der Waals surface area contributed by atoms with Gasteiger partial charge in [0.15, 0.2) is 5.65 Å². The van der Waals surface area contributed by atoms with Crippen LogP contribution in [0.3, 0.4) is 0 Å². The number of nitrogen functional groups attached to an aromatic ring is 1. The molecule has 3 rings (SSSR count). The first-order valence-corrected chi connectivity index (χ1v) is 5.45. The quantitative estimate of drug-likeness (QED) is 0.595. The summed E-state index contributed by atoms with van der Waals surface area (Å²) in [5, 5.41) is 1.88. The second kappa shape index (κ2) is 3.38. The van der Waals surface area contributed by atoms with Crippen LogP contribution < -0.4 is 5.73 Å². The third kappa shape index (κ3) is 1.58. The van der Waals surface area contributed by atoms with E-state index in [1.54, 1.807) is 0 Å². The molecule has 84 valence electrons. The van der Waals surface area contributed by atoms with E-state index in [4.69, 9.17) is 5.73 Å². The van der Waals surface area contributed by atoms with E-state index < -0.39 is 0 Å². The second-order valence-electron chi connectivity index (χ2n) is 4.21. The van der Waals surface area contributed by atoms with Gasteiger partial charge in [-0.15, -0.1) is 0 Å². The van der Waals surface area contributed by atoms with Gasteiger partial charge in [0.1, 0.15) is 11.6 Å². The van der Waals surface area contributed by atoms with Gasteiger partial charge in [-0.05, 0) is 32.0 Å². The Kier molecular flexibility index (Phi) is 1.98. The van der Waals surface area contributed by atoms with Crippen LogP contribution in [0.1, 0.15) is 11.4 Å². The van der Waals surface area contributed by atoms with Crippen LogP contribution in [0, 0.1) is 13.8 Å². The highest BCUT2D eigenvalue weighted by atomic mass is 15.0. The topological polar surface area (TPSA) is 64.7 Å². The average molecular weight is 224 g/mol. The van der Waals surface area contributed by atoms with Crippen molar-refractivity contribution in [3.8, 4) is 0 Å². The number of fused-ring (bicyclic) bond motifs is 2. The number of rotatable bonds is 0. The summed E-state index contributed by atoms with van der Waals surface area (Å²) in [7, 11) is 0. The van der Waals surface area contributed by atoms with Gasteiger partial charge in [0.05, 0.1) is 10.9 Å². The number of nitrogens with two attached hydrogens (primary N) is 1. The SMILES string of the molecule is Cc1ccc2nc3nc(C)nc(N)c3cc2c1. The largest absolute Gasteiger partial charge is 0.383 e. The number of aromatic nitrogens is 3. The monoisotopic (exact) mass is 224 g/mol. The standard InChI is InChI=1S/C13H12N4/c1-7-3-4-11-9(5-7)6-10-12(14)15-8(2)16-13(10)17-11/h3-6H,1-2H3,(H2,14,15,16,17). The molecule has 0 radical (unpaired) electrons. The molecule has 4 heteroatoms. The Morgan fingerprint density at radius 2 is 1.82 bits per heavy atom. The fraction of sp³-hybridized carbons (Fsp3) is 0.154. The summed E-state index contributed by atoms with van der Waals surface area (Å²) in [5.74, 6) is 1.14. The molecular formula is C13H12N4. The second-order valence-corrected chi connectivity index (χ2v) is 4.21. The number of anilines is 1. The van der Waals surface area contributed by atoms with Gasteiger partial charge in [-0.2, -0.15) is 0 Å². The normalized spacial score (nSPS) is 11.2. The summed E-state index contributed by atoms with van der Waals surface area (Å²) in [6, 6.07) is 8.12. The number of hydrogen-bond acceptors (Lipinski definition) is 4. The number of pyridine rings is 1. The minimum Gasteiger partial charge on any atom is -0.383 e. The van der Waals surface area contributed by atoms with Crippen molar-refractivity contribution in [3.05, 3.63) is 35.7 Å². The van der Waals surface area contributed by atoms with E-state index in [0.717, 1.165) is 16.3 Å². The van der Waals surface area contributed by atoms with Gasteiger partial charge < -0.3 is 5.73 Å². The molecule has 4 nitrogen and oxygen atoms in total. The molecule has 3 aromatic rings. The summed E-state index contributed by atoms with van der Waals surface area (Å²) in [4.78, 5) is 13.0. The molecule has 0 atom stereocenters. The minimum atomic E-state index is 0.489. The molecule has 0 bridgehead atoms. The summed E-state index contributed by atoms with van der Waals surface area (Å²) in [6.07, 6.45) is 0.